The summed E-state index contributed by atoms with van der Waals surface area (Å²) in [6.07, 6.45) is 3.63. The third kappa shape index (κ3) is 2.76. The molecule has 72 valence electrons. The molecule has 0 aromatic heterocycles. The third-order valence-electron chi connectivity index (χ3n) is 2.85. The highest BCUT2D eigenvalue weighted by atomic mass is 16.3. The second-order valence-electron chi connectivity index (χ2n) is 4.10. The number of nitrogens with zero attached hydrogens (tertiary/aromatic N) is 1. The Balaban J connectivity index is 2.28. The van der Waals surface area contributed by atoms with Gasteiger partial charge in [-0.3, -0.25) is 0 Å². The highest BCUT2D eigenvalue weighted by Gasteiger charge is 2.21. The van der Waals surface area contributed by atoms with Crippen LogP contribution in [0.3, 0.4) is 0 Å². The van der Waals surface area contributed by atoms with E-state index in [1.165, 1.54) is 19.4 Å². The number of hydrogen-bond acceptors (Lipinski definition) is 2. The van der Waals surface area contributed by atoms with Crippen LogP contribution < -0.4 is 0 Å². The number of aliphatic hydroxyl groups is 1. The Morgan fingerprint density at radius 1 is 1.33 bits per heavy atom. The molecular formula is C10H21NO. The van der Waals surface area contributed by atoms with Crippen molar-refractivity contribution >= 4 is 0 Å². The molecule has 1 aliphatic heterocycles. The molecule has 0 amide bonds. The van der Waals surface area contributed by atoms with Gasteiger partial charge < -0.3 is 10.0 Å². The maximum absolute atomic E-state index is 8.72. The lowest BCUT2D eigenvalue weighted by Crippen LogP contribution is -2.41. The molecular weight excluding hydrogens is 150 g/mol. The van der Waals surface area contributed by atoms with Crippen LogP contribution in [0.15, 0.2) is 0 Å². The molecule has 0 aliphatic carbocycles. The van der Waals surface area contributed by atoms with Gasteiger partial charge >= 0.3 is 0 Å². The molecule has 1 saturated heterocycles. The lowest BCUT2D eigenvalue weighted by Gasteiger charge is -2.36. The fourth-order valence-corrected chi connectivity index (χ4v) is 1.97. The van der Waals surface area contributed by atoms with Crippen LogP contribution in [0.25, 0.3) is 0 Å². The molecule has 1 N–H and O–H groups in total. The highest BCUT2D eigenvalue weighted by molar-refractivity contribution is 4.76. The maximum atomic E-state index is 8.72. The van der Waals surface area contributed by atoms with Gasteiger partial charge in [0.25, 0.3) is 0 Å². The molecule has 2 nitrogen and oxygen atoms in total. The standard InChI is InChI=1S/C10H21NO/c1-9-4-5-10(2)11(8-9)6-3-7-12/h9-10,12H,3-8H2,1-2H3. The summed E-state index contributed by atoms with van der Waals surface area (Å²) in [6.45, 7) is 7.24. The Morgan fingerprint density at radius 2 is 2.08 bits per heavy atom. The molecule has 2 heteroatoms. The largest absolute Gasteiger partial charge is 0.396 e. The van der Waals surface area contributed by atoms with E-state index in [-0.39, 0.29) is 0 Å². The molecule has 12 heavy (non-hydrogen) atoms. The van der Waals surface area contributed by atoms with Crippen molar-refractivity contribution in [3.8, 4) is 0 Å². The van der Waals surface area contributed by atoms with Crippen molar-refractivity contribution < 1.29 is 5.11 Å². The van der Waals surface area contributed by atoms with Crippen molar-refractivity contribution in [3.05, 3.63) is 0 Å². The Labute approximate surface area is 75.6 Å². The second-order valence-corrected chi connectivity index (χ2v) is 4.10. The van der Waals surface area contributed by atoms with E-state index >= 15 is 0 Å². The molecule has 1 heterocycles. The molecule has 1 aliphatic rings. The van der Waals surface area contributed by atoms with Crippen LogP contribution in [0.4, 0.5) is 0 Å². The molecule has 0 aromatic rings. The molecule has 2 atom stereocenters. The molecule has 0 radical (unpaired) electrons. The first-order valence-corrected chi connectivity index (χ1v) is 5.09. The summed E-state index contributed by atoms with van der Waals surface area (Å²) < 4.78 is 0. The summed E-state index contributed by atoms with van der Waals surface area (Å²) in [5.74, 6) is 0.847. The van der Waals surface area contributed by atoms with Gasteiger partial charge in [-0.15, -0.1) is 0 Å². The average Bonchev–Trinajstić information content (AvgIpc) is 2.07. The normalized spacial score (nSPS) is 32.2. The van der Waals surface area contributed by atoms with Gasteiger partial charge in [-0.1, -0.05) is 6.92 Å². The molecule has 2 unspecified atom stereocenters. The van der Waals surface area contributed by atoms with Gasteiger partial charge in [0.15, 0.2) is 0 Å². The predicted octanol–water partition coefficient (Wildman–Crippen LogP) is 1.49. The van der Waals surface area contributed by atoms with Crippen molar-refractivity contribution in [1.29, 1.82) is 0 Å². The molecule has 0 saturated carbocycles. The van der Waals surface area contributed by atoms with Crippen molar-refractivity contribution in [2.45, 2.75) is 39.2 Å². The predicted molar refractivity (Wildman–Crippen MR) is 51.1 cm³/mol. The minimum absolute atomic E-state index is 0.331. The second kappa shape index (κ2) is 4.83. The summed E-state index contributed by atoms with van der Waals surface area (Å²) in [4.78, 5) is 2.50. The van der Waals surface area contributed by atoms with E-state index in [1.807, 2.05) is 0 Å². The minimum Gasteiger partial charge on any atom is -0.396 e. The zero-order valence-electron chi connectivity index (χ0n) is 8.29. The van der Waals surface area contributed by atoms with Crippen molar-refractivity contribution in [2.24, 2.45) is 5.92 Å². The van der Waals surface area contributed by atoms with Crippen LogP contribution in [0, 0.1) is 5.92 Å². The minimum atomic E-state index is 0.331. The Hall–Kier alpha value is -0.0800. The number of piperidine rings is 1. The quantitative estimate of drug-likeness (QED) is 0.695. The zero-order chi connectivity index (χ0) is 8.97. The van der Waals surface area contributed by atoms with E-state index in [0.717, 1.165) is 24.9 Å². The van der Waals surface area contributed by atoms with Crippen LogP contribution in [0.2, 0.25) is 0 Å². The summed E-state index contributed by atoms with van der Waals surface area (Å²) >= 11 is 0. The first kappa shape index (κ1) is 10.0. The van der Waals surface area contributed by atoms with E-state index in [2.05, 4.69) is 18.7 Å². The first-order chi connectivity index (χ1) is 5.74. The highest BCUT2D eigenvalue weighted by Crippen LogP contribution is 2.20. The van der Waals surface area contributed by atoms with Crippen molar-refractivity contribution in [3.63, 3.8) is 0 Å². The van der Waals surface area contributed by atoms with Gasteiger partial charge in [0.05, 0.1) is 0 Å². The monoisotopic (exact) mass is 171 g/mol. The lowest BCUT2D eigenvalue weighted by molar-refractivity contribution is 0.115. The van der Waals surface area contributed by atoms with Gasteiger partial charge in [-0.25, -0.2) is 0 Å². The van der Waals surface area contributed by atoms with Crippen molar-refractivity contribution in [1.82, 2.24) is 4.90 Å². The van der Waals surface area contributed by atoms with Crippen LogP contribution in [0.1, 0.15) is 33.1 Å². The molecule has 1 rings (SSSR count). The molecule has 1 fully saturated rings. The lowest BCUT2D eigenvalue weighted by atomic mass is 9.95. The zero-order valence-corrected chi connectivity index (χ0v) is 8.29. The van der Waals surface area contributed by atoms with Gasteiger partial charge in [0, 0.05) is 25.7 Å². The van der Waals surface area contributed by atoms with Crippen molar-refractivity contribution in [2.75, 3.05) is 19.7 Å². The van der Waals surface area contributed by atoms with E-state index < -0.39 is 0 Å². The molecule has 0 aromatic carbocycles. The fraction of sp³-hybridized carbons (Fsp3) is 1.00. The first-order valence-electron chi connectivity index (χ1n) is 5.09. The van der Waals surface area contributed by atoms with E-state index in [9.17, 15) is 0 Å². The smallest absolute Gasteiger partial charge is 0.0443 e. The van der Waals surface area contributed by atoms with E-state index in [1.54, 1.807) is 0 Å². The number of aliphatic hydroxyl groups excluding tert-OH is 1. The number of likely N-dealkylation sites (tertiary alicyclic amines) is 1. The number of rotatable bonds is 3. The fourth-order valence-electron chi connectivity index (χ4n) is 1.97. The maximum Gasteiger partial charge on any atom is 0.0443 e. The molecule has 0 bridgehead atoms. The Morgan fingerprint density at radius 3 is 2.75 bits per heavy atom. The summed E-state index contributed by atoms with van der Waals surface area (Å²) in [7, 11) is 0. The van der Waals surface area contributed by atoms with Crippen LogP contribution in [-0.4, -0.2) is 35.7 Å². The van der Waals surface area contributed by atoms with Crippen LogP contribution in [0.5, 0.6) is 0 Å². The van der Waals surface area contributed by atoms with Crippen LogP contribution in [-0.2, 0) is 0 Å². The van der Waals surface area contributed by atoms with Gasteiger partial charge in [0.2, 0.25) is 0 Å². The Kier molecular flexibility index (Phi) is 4.02. The number of hydrogen-bond donors (Lipinski definition) is 1. The summed E-state index contributed by atoms with van der Waals surface area (Å²) in [5, 5.41) is 8.72. The summed E-state index contributed by atoms with van der Waals surface area (Å²) in [6, 6.07) is 0.729. The van der Waals surface area contributed by atoms with E-state index in [0.29, 0.717) is 6.61 Å². The van der Waals surface area contributed by atoms with Gasteiger partial charge in [0.1, 0.15) is 0 Å². The van der Waals surface area contributed by atoms with Gasteiger partial charge in [-0.2, -0.15) is 0 Å². The topological polar surface area (TPSA) is 23.5 Å². The van der Waals surface area contributed by atoms with E-state index in [4.69, 9.17) is 5.11 Å². The third-order valence-corrected chi connectivity index (χ3v) is 2.85. The molecule has 0 spiro atoms. The van der Waals surface area contributed by atoms with Crippen LogP contribution >= 0.6 is 0 Å². The SMILES string of the molecule is CC1CCC(C)N(CCCO)C1. The Bertz CT molecular complexity index is 127. The average molecular weight is 171 g/mol. The van der Waals surface area contributed by atoms with Gasteiger partial charge in [-0.05, 0) is 32.1 Å². The summed E-state index contributed by atoms with van der Waals surface area (Å²) in [5.41, 5.74) is 0.